The van der Waals surface area contributed by atoms with Crippen LogP contribution < -0.4 is 4.74 Å². The van der Waals surface area contributed by atoms with Crippen molar-refractivity contribution in [3.05, 3.63) is 28.5 Å². The van der Waals surface area contributed by atoms with Gasteiger partial charge in [0.1, 0.15) is 11.6 Å². The predicted molar refractivity (Wildman–Crippen MR) is 106 cm³/mol. The Kier molecular flexibility index (Phi) is 6.81. The minimum Gasteiger partial charge on any atom is -0.432 e. The molecule has 0 aliphatic heterocycles. The molecule has 1 aromatic carbocycles. The summed E-state index contributed by atoms with van der Waals surface area (Å²) in [5.41, 5.74) is -1.14. The van der Waals surface area contributed by atoms with Gasteiger partial charge >= 0.3 is 6.11 Å². The first kappa shape index (κ1) is 21.0. The van der Waals surface area contributed by atoms with E-state index in [9.17, 15) is 4.39 Å². The summed E-state index contributed by atoms with van der Waals surface area (Å²) in [6.45, 7) is 1.95. The summed E-state index contributed by atoms with van der Waals surface area (Å²) in [6.07, 6.45) is 6.97. The average Bonchev–Trinajstić information content (AvgIpc) is 2.66. The van der Waals surface area contributed by atoms with E-state index in [-0.39, 0.29) is 10.2 Å². The molecule has 27 heavy (non-hydrogen) atoms. The molecule has 0 radical (unpaired) electrons. The van der Waals surface area contributed by atoms with E-state index in [1.807, 2.05) is 6.92 Å². The summed E-state index contributed by atoms with van der Waals surface area (Å²) in [4.78, 5) is 0. The minimum atomic E-state index is -3.29. The van der Waals surface area contributed by atoms with Crippen LogP contribution in [0.3, 0.4) is 0 Å². The lowest BCUT2D eigenvalue weighted by Crippen LogP contribution is -2.48. The van der Waals surface area contributed by atoms with E-state index in [1.165, 1.54) is 44.2 Å². The summed E-state index contributed by atoms with van der Waals surface area (Å²) in [5.74, 6) is 0.601. The minimum absolute atomic E-state index is 0.106. The molecule has 0 bridgehead atoms. The van der Waals surface area contributed by atoms with Crippen LogP contribution in [0, 0.1) is 23.1 Å². The maximum Gasteiger partial charge on any atom is 0.403 e. The van der Waals surface area contributed by atoms with Crippen molar-refractivity contribution >= 4 is 15.9 Å². The number of benzene rings is 1. The Labute approximate surface area is 169 Å². The van der Waals surface area contributed by atoms with Crippen LogP contribution in [0.5, 0.6) is 5.75 Å². The number of hydrogen-bond donors (Lipinski definition) is 0. The van der Waals surface area contributed by atoms with E-state index >= 15 is 8.78 Å². The Morgan fingerprint density at radius 2 is 1.70 bits per heavy atom. The number of rotatable bonds is 6. The fourth-order valence-electron chi connectivity index (χ4n) is 5.23. The number of ether oxygens (including phenoxy) is 1. The van der Waals surface area contributed by atoms with E-state index in [1.54, 1.807) is 0 Å². The lowest BCUT2D eigenvalue weighted by molar-refractivity contribution is -0.273. The second-order valence-electron chi connectivity index (χ2n) is 8.46. The fourth-order valence-corrected chi connectivity index (χ4v) is 5.48. The smallest absolute Gasteiger partial charge is 0.403 e. The van der Waals surface area contributed by atoms with Gasteiger partial charge in [0, 0.05) is 6.07 Å². The molecule has 3 rings (SSSR count). The van der Waals surface area contributed by atoms with Crippen LogP contribution in [-0.4, -0.2) is 6.11 Å². The van der Waals surface area contributed by atoms with Gasteiger partial charge in [-0.2, -0.15) is 8.78 Å². The molecule has 2 aliphatic carbocycles. The molecular weight excluding hydrogens is 417 g/mol. The molecule has 1 aromatic rings. The Bertz CT molecular complexity index is 620. The lowest BCUT2D eigenvalue weighted by atomic mass is 9.63. The van der Waals surface area contributed by atoms with Crippen LogP contribution in [0.4, 0.5) is 13.2 Å². The first-order chi connectivity index (χ1) is 12.9. The third kappa shape index (κ3) is 4.65. The van der Waals surface area contributed by atoms with Gasteiger partial charge in [0.2, 0.25) is 0 Å². The summed E-state index contributed by atoms with van der Waals surface area (Å²) in [5, 5.41) is 0. The van der Waals surface area contributed by atoms with Gasteiger partial charge in [0.05, 0.1) is 9.89 Å². The molecule has 0 amide bonds. The van der Waals surface area contributed by atoms with E-state index in [0.29, 0.717) is 37.5 Å². The van der Waals surface area contributed by atoms with Gasteiger partial charge in [-0.05, 0) is 72.0 Å². The van der Waals surface area contributed by atoms with Crippen LogP contribution in [0.2, 0.25) is 0 Å². The molecule has 0 heterocycles. The van der Waals surface area contributed by atoms with Gasteiger partial charge in [0.15, 0.2) is 0 Å². The highest BCUT2D eigenvalue weighted by atomic mass is 79.9. The Morgan fingerprint density at radius 3 is 2.30 bits per heavy atom. The normalized spacial score (nSPS) is 27.5. The van der Waals surface area contributed by atoms with Crippen molar-refractivity contribution in [2.24, 2.45) is 17.3 Å². The molecule has 1 nitrogen and oxygen atoms in total. The summed E-state index contributed by atoms with van der Waals surface area (Å²) >= 11 is 3.05. The molecule has 152 valence electrons. The number of hydrogen-bond acceptors (Lipinski definition) is 1. The zero-order chi connectivity index (χ0) is 19.5. The molecule has 0 unspecified atom stereocenters. The molecule has 0 N–H and O–H groups in total. The van der Waals surface area contributed by atoms with Crippen LogP contribution in [0.25, 0.3) is 0 Å². The second kappa shape index (κ2) is 8.75. The Morgan fingerprint density at radius 1 is 1.07 bits per heavy atom. The maximum absolute atomic E-state index is 15.3. The Hall–Kier alpha value is -0.710. The quantitative estimate of drug-likeness (QED) is 0.428. The summed E-state index contributed by atoms with van der Waals surface area (Å²) in [7, 11) is 0. The van der Waals surface area contributed by atoms with Crippen LogP contribution >= 0.6 is 15.9 Å². The van der Waals surface area contributed by atoms with Gasteiger partial charge in [-0.15, -0.1) is 0 Å². The van der Waals surface area contributed by atoms with Gasteiger partial charge in [-0.3, -0.25) is 0 Å². The third-order valence-corrected chi connectivity index (χ3v) is 7.43. The monoisotopic (exact) mass is 446 g/mol. The van der Waals surface area contributed by atoms with E-state index < -0.39 is 17.3 Å². The number of halogens is 4. The number of alkyl halides is 2. The van der Waals surface area contributed by atoms with Crippen LogP contribution in [0.1, 0.15) is 77.6 Å². The van der Waals surface area contributed by atoms with Crippen LogP contribution in [0.15, 0.2) is 22.7 Å². The topological polar surface area (TPSA) is 9.23 Å². The molecule has 5 heteroatoms. The van der Waals surface area contributed by atoms with E-state index in [2.05, 4.69) is 15.9 Å². The third-order valence-electron chi connectivity index (χ3n) is 6.79. The van der Waals surface area contributed by atoms with E-state index in [4.69, 9.17) is 4.74 Å². The van der Waals surface area contributed by atoms with Gasteiger partial charge in [-0.1, -0.05) is 45.4 Å². The van der Waals surface area contributed by atoms with Gasteiger partial charge in [-0.25, -0.2) is 4.39 Å². The maximum atomic E-state index is 15.3. The van der Waals surface area contributed by atoms with Crippen LogP contribution in [-0.2, 0) is 0 Å². The lowest BCUT2D eigenvalue weighted by Gasteiger charge is -2.46. The Balaban J connectivity index is 1.72. The zero-order valence-corrected chi connectivity index (χ0v) is 17.7. The molecular formula is C22H30BrF3O. The highest BCUT2D eigenvalue weighted by Crippen LogP contribution is 2.54. The van der Waals surface area contributed by atoms with Gasteiger partial charge < -0.3 is 4.74 Å². The van der Waals surface area contributed by atoms with Crippen molar-refractivity contribution < 1.29 is 17.9 Å². The summed E-state index contributed by atoms with van der Waals surface area (Å²) < 4.78 is 49.7. The van der Waals surface area contributed by atoms with Crippen molar-refractivity contribution in [3.8, 4) is 5.75 Å². The standard InChI is InChI=1S/C22H30BrF3O/c1-2-12-21(13-10-17(11-14-21)16-6-4-3-5-7-16)22(25,26)27-18-8-9-19(23)20(24)15-18/h8-9,15-17H,2-7,10-14H2,1H3. The molecule has 2 aliphatic rings. The molecule has 2 fully saturated rings. The molecule has 2 saturated carbocycles. The van der Waals surface area contributed by atoms with Crippen molar-refractivity contribution in [1.82, 2.24) is 0 Å². The molecule has 0 aromatic heterocycles. The fraction of sp³-hybridized carbons (Fsp3) is 0.727. The first-order valence-electron chi connectivity index (χ1n) is 10.4. The molecule has 0 spiro atoms. The molecule has 0 atom stereocenters. The predicted octanol–water partition coefficient (Wildman–Crippen LogP) is 8.12. The zero-order valence-electron chi connectivity index (χ0n) is 16.1. The van der Waals surface area contributed by atoms with Crippen molar-refractivity contribution in [2.75, 3.05) is 0 Å². The average molecular weight is 447 g/mol. The van der Waals surface area contributed by atoms with Crippen molar-refractivity contribution in [2.45, 2.75) is 83.7 Å². The van der Waals surface area contributed by atoms with Gasteiger partial charge in [0.25, 0.3) is 0 Å². The summed E-state index contributed by atoms with van der Waals surface area (Å²) in [6, 6.07) is 3.84. The molecule has 0 saturated heterocycles. The van der Waals surface area contributed by atoms with E-state index in [0.717, 1.165) is 18.9 Å². The SMILES string of the molecule is CCCC1(C(F)(F)Oc2ccc(Br)c(F)c2)CCC(C2CCCCC2)CC1. The highest BCUT2D eigenvalue weighted by molar-refractivity contribution is 9.10. The first-order valence-corrected chi connectivity index (χ1v) is 11.2. The van der Waals surface area contributed by atoms with Crippen molar-refractivity contribution in [1.29, 1.82) is 0 Å². The highest BCUT2D eigenvalue weighted by Gasteiger charge is 2.56. The van der Waals surface area contributed by atoms with Crippen molar-refractivity contribution in [3.63, 3.8) is 0 Å². The largest absolute Gasteiger partial charge is 0.432 e. The second-order valence-corrected chi connectivity index (χ2v) is 9.31.